The molecule has 0 aliphatic carbocycles. The third kappa shape index (κ3) is 2.40. The predicted molar refractivity (Wildman–Crippen MR) is 78.0 cm³/mol. The van der Waals surface area contributed by atoms with Crippen LogP contribution in [0.25, 0.3) is 10.1 Å². The number of rotatable bonds is 2. The number of carboxylic acid groups (broad SMARTS) is 1. The lowest BCUT2D eigenvalue weighted by molar-refractivity contribution is -0.142. The monoisotopic (exact) mass is 307 g/mol. The summed E-state index contributed by atoms with van der Waals surface area (Å²) in [6, 6.07) is 6.30. The summed E-state index contributed by atoms with van der Waals surface area (Å²) >= 11 is 1.24. The van der Waals surface area contributed by atoms with Crippen LogP contribution >= 0.6 is 11.3 Å². The van der Waals surface area contributed by atoms with Gasteiger partial charge in [0.15, 0.2) is 0 Å². The van der Waals surface area contributed by atoms with Crippen LogP contribution < -0.4 is 0 Å². The van der Waals surface area contributed by atoms with Crippen molar-refractivity contribution in [3.63, 3.8) is 0 Å². The fourth-order valence-corrected chi connectivity index (χ4v) is 3.78. The third-order valence-corrected chi connectivity index (χ3v) is 5.02. The van der Waals surface area contributed by atoms with Gasteiger partial charge in [0.05, 0.1) is 10.8 Å². The van der Waals surface area contributed by atoms with Crippen molar-refractivity contribution in [3.05, 3.63) is 35.0 Å². The molecular weight excluding hydrogens is 293 g/mol. The van der Waals surface area contributed by atoms with Crippen molar-refractivity contribution in [2.24, 2.45) is 11.8 Å². The maximum absolute atomic E-state index is 13.7. The van der Waals surface area contributed by atoms with Crippen molar-refractivity contribution in [1.29, 1.82) is 0 Å². The Morgan fingerprint density at radius 1 is 1.38 bits per heavy atom. The maximum Gasteiger partial charge on any atom is 0.308 e. The molecule has 1 amide bonds. The van der Waals surface area contributed by atoms with Gasteiger partial charge in [-0.05, 0) is 24.1 Å². The fourth-order valence-electron chi connectivity index (χ4n) is 2.74. The van der Waals surface area contributed by atoms with Gasteiger partial charge in [-0.25, -0.2) is 4.39 Å². The van der Waals surface area contributed by atoms with Crippen molar-refractivity contribution in [2.45, 2.75) is 6.92 Å². The van der Waals surface area contributed by atoms with Crippen molar-refractivity contribution in [1.82, 2.24) is 4.90 Å². The number of benzene rings is 1. The number of carbonyl (C=O) groups is 2. The summed E-state index contributed by atoms with van der Waals surface area (Å²) in [5.41, 5.74) is 0. The molecule has 0 spiro atoms. The first-order valence-electron chi connectivity index (χ1n) is 6.67. The summed E-state index contributed by atoms with van der Waals surface area (Å²) in [4.78, 5) is 25.6. The van der Waals surface area contributed by atoms with Crippen LogP contribution in [0, 0.1) is 17.7 Å². The molecule has 2 atom stereocenters. The molecule has 0 radical (unpaired) electrons. The molecule has 2 unspecified atom stereocenters. The molecule has 0 saturated carbocycles. The number of likely N-dealkylation sites (tertiary alicyclic amines) is 1. The number of hydrogen-bond donors (Lipinski definition) is 1. The summed E-state index contributed by atoms with van der Waals surface area (Å²) in [5.74, 6) is -2.04. The first-order chi connectivity index (χ1) is 9.97. The number of carboxylic acids is 1. The Hall–Kier alpha value is -1.95. The second-order valence-electron chi connectivity index (χ2n) is 5.39. The molecule has 0 bridgehead atoms. The first kappa shape index (κ1) is 14.0. The number of carbonyl (C=O) groups excluding carboxylic acids is 1. The van der Waals surface area contributed by atoms with E-state index in [1.165, 1.54) is 17.4 Å². The van der Waals surface area contributed by atoms with Gasteiger partial charge in [0.1, 0.15) is 5.82 Å². The SMILES string of the molecule is CC1CN(C(=O)c2cc3c(F)cccc3s2)CC1C(=O)O. The molecular formula is C15H14FNO3S. The molecule has 1 aliphatic rings. The molecule has 1 fully saturated rings. The Morgan fingerprint density at radius 2 is 2.14 bits per heavy atom. The molecule has 4 nitrogen and oxygen atoms in total. The lowest BCUT2D eigenvalue weighted by Gasteiger charge is -2.14. The Morgan fingerprint density at radius 3 is 2.76 bits per heavy atom. The minimum Gasteiger partial charge on any atom is -0.481 e. The zero-order valence-electron chi connectivity index (χ0n) is 11.4. The molecule has 1 saturated heterocycles. The Bertz CT molecular complexity index is 727. The highest BCUT2D eigenvalue weighted by molar-refractivity contribution is 7.20. The van der Waals surface area contributed by atoms with Gasteiger partial charge in [-0.2, -0.15) is 0 Å². The molecule has 3 rings (SSSR count). The number of amides is 1. The predicted octanol–water partition coefficient (Wildman–Crippen LogP) is 2.83. The van der Waals surface area contributed by atoms with Crippen LogP contribution in [0.1, 0.15) is 16.6 Å². The average molecular weight is 307 g/mol. The minimum absolute atomic E-state index is 0.0717. The zero-order chi connectivity index (χ0) is 15.1. The van der Waals surface area contributed by atoms with E-state index in [-0.39, 0.29) is 24.2 Å². The van der Waals surface area contributed by atoms with Crippen LogP contribution in [0.2, 0.25) is 0 Å². The number of nitrogens with zero attached hydrogens (tertiary/aromatic N) is 1. The van der Waals surface area contributed by atoms with Gasteiger partial charge in [-0.15, -0.1) is 11.3 Å². The van der Waals surface area contributed by atoms with E-state index < -0.39 is 11.9 Å². The molecule has 6 heteroatoms. The topological polar surface area (TPSA) is 57.6 Å². The summed E-state index contributed by atoms with van der Waals surface area (Å²) in [6.45, 7) is 2.47. The summed E-state index contributed by atoms with van der Waals surface area (Å²) in [5, 5.41) is 9.56. The van der Waals surface area contributed by atoms with Gasteiger partial charge in [-0.3, -0.25) is 9.59 Å². The second-order valence-corrected chi connectivity index (χ2v) is 6.48. The number of thiophene rings is 1. The molecule has 21 heavy (non-hydrogen) atoms. The van der Waals surface area contributed by atoms with Gasteiger partial charge in [0.25, 0.3) is 5.91 Å². The lowest BCUT2D eigenvalue weighted by atomic mass is 9.99. The van der Waals surface area contributed by atoms with E-state index in [9.17, 15) is 14.0 Å². The Kier molecular flexibility index (Phi) is 3.41. The van der Waals surface area contributed by atoms with Gasteiger partial charge in [0, 0.05) is 23.2 Å². The molecule has 1 N–H and O–H groups in total. The highest BCUT2D eigenvalue weighted by atomic mass is 32.1. The van der Waals surface area contributed by atoms with Gasteiger partial charge in [-0.1, -0.05) is 13.0 Å². The van der Waals surface area contributed by atoms with Crippen molar-refractivity contribution >= 4 is 33.3 Å². The molecule has 110 valence electrons. The van der Waals surface area contributed by atoms with E-state index in [2.05, 4.69) is 0 Å². The zero-order valence-corrected chi connectivity index (χ0v) is 12.2. The van der Waals surface area contributed by atoms with Crippen LogP contribution in [0.15, 0.2) is 24.3 Å². The lowest BCUT2D eigenvalue weighted by Crippen LogP contribution is -2.29. The van der Waals surface area contributed by atoms with Gasteiger partial charge < -0.3 is 10.0 Å². The summed E-state index contributed by atoms with van der Waals surface area (Å²) in [7, 11) is 0. The molecule has 1 aromatic carbocycles. The van der Waals surface area contributed by atoms with Gasteiger partial charge >= 0.3 is 5.97 Å². The van der Waals surface area contributed by atoms with E-state index in [0.29, 0.717) is 16.8 Å². The second kappa shape index (κ2) is 5.11. The molecule has 1 aliphatic heterocycles. The van der Waals surface area contributed by atoms with E-state index in [4.69, 9.17) is 5.11 Å². The fraction of sp³-hybridized carbons (Fsp3) is 0.333. The number of hydrogen-bond acceptors (Lipinski definition) is 3. The quantitative estimate of drug-likeness (QED) is 0.928. The highest BCUT2D eigenvalue weighted by Gasteiger charge is 2.37. The Balaban J connectivity index is 1.88. The van der Waals surface area contributed by atoms with Crippen molar-refractivity contribution < 1.29 is 19.1 Å². The smallest absolute Gasteiger partial charge is 0.308 e. The van der Waals surface area contributed by atoms with E-state index in [1.807, 2.05) is 6.92 Å². The summed E-state index contributed by atoms with van der Waals surface area (Å²) < 4.78 is 14.4. The highest BCUT2D eigenvalue weighted by Crippen LogP contribution is 2.31. The molecule has 2 aromatic rings. The Labute approximate surface area is 124 Å². The third-order valence-electron chi connectivity index (χ3n) is 3.94. The van der Waals surface area contributed by atoms with E-state index in [1.54, 1.807) is 23.1 Å². The normalized spacial score (nSPS) is 21.9. The molecule has 2 heterocycles. The van der Waals surface area contributed by atoms with Crippen LogP contribution in [-0.4, -0.2) is 35.0 Å². The number of aliphatic carboxylic acids is 1. The van der Waals surface area contributed by atoms with Crippen LogP contribution in [-0.2, 0) is 4.79 Å². The first-order valence-corrected chi connectivity index (χ1v) is 7.49. The van der Waals surface area contributed by atoms with Crippen molar-refractivity contribution in [2.75, 3.05) is 13.1 Å². The molecule has 1 aromatic heterocycles. The minimum atomic E-state index is -0.875. The standard InChI is InChI=1S/C15H14FNO3S/c1-8-6-17(7-10(8)15(19)20)14(18)13-5-9-11(16)3-2-4-12(9)21-13/h2-5,8,10H,6-7H2,1H3,(H,19,20). The van der Waals surface area contributed by atoms with Crippen molar-refractivity contribution in [3.8, 4) is 0 Å². The number of halogens is 1. The van der Waals surface area contributed by atoms with Crippen LogP contribution in [0.3, 0.4) is 0 Å². The maximum atomic E-state index is 13.7. The van der Waals surface area contributed by atoms with Gasteiger partial charge in [0.2, 0.25) is 0 Å². The van der Waals surface area contributed by atoms with E-state index in [0.717, 1.165) is 4.70 Å². The largest absolute Gasteiger partial charge is 0.481 e. The van der Waals surface area contributed by atoms with Crippen LogP contribution in [0.4, 0.5) is 4.39 Å². The van der Waals surface area contributed by atoms with Crippen LogP contribution in [0.5, 0.6) is 0 Å². The average Bonchev–Trinajstić information content (AvgIpc) is 3.02. The summed E-state index contributed by atoms with van der Waals surface area (Å²) in [6.07, 6.45) is 0. The number of fused-ring (bicyclic) bond motifs is 1. The van der Waals surface area contributed by atoms with E-state index >= 15 is 0 Å².